The van der Waals surface area contributed by atoms with E-state index in [2.05, 4.69) is 56.8 Å². The van der Waals surface area contributed by atoms with Crippen LogP contribution in [0.25, 0.3) is 0 Å². The van der Waals surface area contributed by atoms with Gasteiger partial charge < -0.3 is 26.2 Å². The highest BCUT2D eigenvalue weighted by molar-refractivity contribution is 5.98. The van der Waals surface area contributed by atoms with Crippen molar-refractivity contribution in [3.05, 3.63) is 48.5 Å². The number of anilines is 4. The molecule has 8 nitrogen and oxygen atoms in total. The number of piperazine rings is 1. The number of amides is 3. The lowest BCUT2D eigenvalue weighted by Gasteiger charge is -2.59. The van der Waals surface area contributed by atoms with Crippen LogP contribution in [0.1, 0.15) is 32.1 Å². The van der Waals surface area contributed by atoms with Gasteiger partial charge in [-0.15, -0.1) is 0 Å². The van der Waals surface area contributed by atoms with Crippen molar-refractivity contribution in [2.45, 2.75) is 38.1 Å². The van der Waals surface area contributed by atoms with Crippen LogP contribution in [0.5, 0.6) is 0 Å². The Kier molecular flexibility index (Phi) is 5.76. The number of primary amides is 1. The van der Waals surface area contributed by atoms with E-state index < -0.39 is 0 Å². The normalized spacial score (nSPS) is 31.7. The number of hydrogen-bond acceptors (Lipinski definition) is 5. The van der Waals surface area contributed by atoms with Crippen LogP contribution in [-0.2, 0) is 4.79 Å². The molecule has 38 heavy (non-hydrogen) atoms. The summed E-state index contributed by atoms with van der Waals surface area (Å²) in [6.07, 6.45) is 4.81. The maximum atomic E-state index is 13.7. The number of urea groups is 1. The Bertz CT molecular complexity index is 1210. The molecule has 0 aromatic heterocycles. The van der Waals surface area contributed by atoms with Crippen molar-refractivity contribution in [1.82, 2.24) is 10.6 Å². The van der Waals surface area contributed by atoms with Crippen molar-refractivity contribution >= 4 is 34.7 Å². The SMILES string of the molecule is NC(=O)C12CC3CC(C1)C(NC(=O)N1CCN(c4ccc(N5CCNCC5)cc4)c4ccccc41)C(C3)C2. The molecule has 5 fully saturated rings. The van der Waals surface area contributed by atoms with Crippen molar-refractivity contribution < 1.29 is 9.59 Å². The molecule has 8 heteroatoms. The number of nitrogens with one attached hydrogen (secondary N) is 2. The topological polar surface area (TPSA) is 93.9 Å². The maximum Gasteiger partial charge on any atom is 0.322 e. The average Bonchev–Trinajstić information content (AvgIpc) is 2.94. The van der Waals surface area contributed by atoms with Gasteiger partial charge in [0.1, 0.15) is 0 Å². The highest BCUT2D eigenvalue weighted by Gasteiger charge is 2.58. The molecule has 4 N–H and O–H groups in total. The standard InChI is InChI=1S/C30H38N6O2/c31-28(37)30-17-20-15-21(18-30)27(22(16-20)19-30)33-29(38)36-14-13-35(25-3-1-2-4-26(25)36)24-7-5-23(6-8-24)34-11-9-32-10-12-34/h1-8,20-22,27,32H,9-19H2,(H2,31,37)(H,33,38). The van der Waals surface area contributed by atoms with Crippen LogP contribution >= 0.6 is 0 Å². The molecule has 2 aromatic rings. The average molecular weight is 515 g/mol. The lowest BCUT2D eigenvalue weighted by molar-refractivity contribution is -0.145. The van der Waals surface area contributed by atoms with E-state index in [4.69, 9.17) is 5.73 Å². The van der Waals surface area contributed by atoms with Crippen molar-refractivity contribution in [2.75, 3.05) is 54.0 Å². The summed E-state index contributed by atoms with van der Waals surface area (Å²) in [5.41, 5.74) is 9.94. The van der Waals surface area contributed by atoms with E-state index in [1.807, 2.05) is 17.0 Å². The van der Waals surface area contributed by atoms with Gasteiger partial charge in [-0.1, -0.05) is 12.1 Å². The second-order valence-electron chi connectivity index (χ2n) is 12.1. The fourth-order valence-electron chi connectivity index (χ4n) is 8.39. The second-order valence-corrected chi connectivity index (χ2v) is 12.1. The number of nitrogens with two attached hydrogens (primary N) is 1. The molecular formula is C30H38N6O2. The van der Waals surface area contributed by atoms with Gasteiger partial charge in [0, 0.05) is 62.1 Å². The third-order valence-corrected chi connectivity index (χ3v) is 9.99. The zero-order chi connectivity index (χ0) is 25.9. The first-order valence-electron chi connectivity index (χ1n) is 14.3. The Morgan fingerprint density at radius 1 is 0.842 bits per heavy atom. The van der Waals surface area contributed by atoms with Crippen LogP contribution in [0.2, 0.25) is 0 Å². The number of para-hydroxylation sites is 2. The van der Waals surface area contributed by atoms with Crippen molar-refractivity contribution in [2.24, 2.45) is 28.9 Å². The van der Waals surface area contributed by atoms with Gasteiger partial charge in [-0.3, -0.25) is 9.69 Å². The largest absolute Gasteiger partial charge is 0.369 e. The first kappa shape index (κ1) is 23.8. The molecule has 3 amide bonds. The van der Waals surface area contributed by atoms with Crippen LogP contribution < -0.4 is 31.1 Å². The molecule has 4 bridgehead atoms. The molecule has 2 heterocycles. The third kappa shape index (κ3) is 3.92. The Morgan fingerprint density at radius 2 is 1.50 bits per heavy atom. The number of hydrogen-bond donors (Lipinski definition) is 3. The minimum Gasteiger partial charge on any atom is -0.369 e. The molecule has 4 aliphatic carbocycles. The predicted molar refractivity (Wildman–Crippen MR) is 150 cm³/mol. The van der Waals surface area contributed by atoms with E-state index in [1.165, 1.54) is 5.69 Å². The van der Waals surface area contributed by atoms with Gasteiger partial charge in [0.05, 0.1) is 11.4 Å². The predicted octanol–water partition coefficient (Wildman–Crippen LogP) is 3.44. The number of rotatable bonds is 4. The molecule has 2 unspecified atom stereocenters. The first-order chi connectivity index (χ1) is 18.5. The van der Waals surface area contributed by atoms with E-state index in [1.54, 1.807) is 0 Å². The molecule has 6 aliphatic rings. The van der Waals surface area contributed by atoms with Crippen molar-refractivity contribution in [3.63, 3.8) is 0 Å². The molecule has 2 aliphatic heterocycles. The van der Waals surface area contributed by atoms with Crippen molar-refractivity contribution in [1.29, 1.82) is 0 Å². The number of fused-ring (bicyclic) bond motifs is 1. The number of carbonyl (C=O) groups excluding carboxylic acids is 2. The van der Waals surface area contributed by atoms with E-state index in [0.717, 1.165) is 81.9 Å². The highest BCUT2D eigenvalue weighted by Crippen LogP contribution is 2.60. The van der Waals surface area contributed by atoms with Crippen LogP contribution in [0, 0.1) is 23.2 Å². The smallest absolute Gasteiger partial charge is 0.322 e. The molecular weight excluding hydrogens is 476 g/mol. The molecule has 0 radical (unpaired) electrons. The minimum atomic E-state index is -0.337. The lowest BCUT2D eigenvalue weighted by Crippen LogP contribution is -2.63. The van der Waals surface area contributed by atoms with Gasteiger partial charge in [-0.2, -0.15) is 0 Å². The number of nitrogens with zero attached hydrogens (tertiary/aromatic N) is 3. The highest BCUT2D eigenvalue weighted by atomic mass is 16.2. The summed E-state index contributed by atoms with van der Waals surface area (Å²) >= 11 is 0. The van der Waals surface area contributed by atoms with Crippen LogP contribution in [0.15, 0.2) is 48.5 Å². The molecule has 4 saturated carbocycles. The fraction of sp³-hybridized carbons (Fsp3) is 0.533. The molecule has 2 atom stereocenters. The lowest BCUT2D eigenvalue weighted by atomic mass is 9.47. The summed E-state index contributed by atoms with van der Waals surface area (Å²) in [6, 6.07) is 17.2. The molecule has 1 saturated heterocycles. The molecule has 200 valence electrons. The van der Waals surface area contributed by atoms with Gasteiger partial charge in [-0.25, -0.2) is 4.79 Å². The Hall–Kier alpha value is -3.26. The van der Waals surface area contributed by atoms with Gasteiger partial charge >= 0.3 is 6.03 Å². The van der Waals surface area contributed by atoms with Gasteiger partial charge in [0.25, 0.3) is 0 Å². The summed E-state index contributed by atoms with van der Waals surface area (Å²) in [5, 5.41) is 6.85. The summed E-state index contributed by atoms with van der Waals surface area (Å²) < 4.78 is 0. The Morgan fingerprint density at radius 3 is 2.18 bits per heavy atom. The third-order valence-electron chi connectivity index (χ3n) is 9.99. The van der Waals surface area contributed by atoms with Gasteiger partial charge in [0.15, 0.2) is 0 Å². The fourth-order valence-corrected chi connectivity index (χ4v) is 8.39. The zero-order valence-electron chi connectivity index (χ0n) is 21.9. The first-order valence-corrected chi connectivity index (χ1v) is 14.3. The van der Waals surface area contributed by atoms with Crippen molar-refractivity contribution in [3.8, 4) is 0 Å². The summed E-state index contributed by atoms with van der Waals surface area (Å²) in [5.74, 6) is 1.15. The van der Waals surface area contributed by atoms with E-state index >= 15 is 0 Å². The van der Waals surface area contributed by atoms with Crippen LogP contribution in [0.3, 0.4) is 0 Å². The molecule has 0 spiro atoms. The maximum absolute atomic E-state index is 13.7. The minimum absolute atomic E-state index is 0.0169. The summed E-state index contributed by atoms with van der Waals surface area (Å²) in [6.45, 7) is 5.47. The summed E-state index contributed by atoms with van der Waals surface area (Å²) in [7, 11) is 0. The Labute approximate surface area is 224 Å². The number of benzene rings is 2. The van der Waals surface area contributed by atoms with E-state index in [0.29, 0.717) is 24.3 Å². The monoisotopic (exact) mass is 514 g/mol. The Balaban J connectivity index is 1.08. The molecule has 2 aromatic carbocycles. The van der Waals surface area contributed by atoms with E-state index in [-0.39, 0.29) is 23.4 Å². The summed E-state index contributed by atoms with van der Waals surface area (Å²) in [4.78, 5) is 32.7. The van der Waals surface area contributed by atoms with Crippen LogP contribution in [0.4, 0.5) is 27.5 Å². The second kappa shape index (κ2) is 9.19. The number of carbonyl (C=O) groups is 2. The van der Waals surface area contributed by atoms with E-state index in [9.17, 15) is 9.59 Å². The van der Waals surface area contributed by atoms with Crippen LogP contribution in [-0.4, -0.2) is 57.2 Å². The van der Waals surface area contributed by atoms with Gasteiger partial charge in [0.2, 0.25) is 5.91 Å². The quantitative estimate of drug-likeness (QED) is 0.581. The van der Waals surface area contributed by atoms with Gasteiger partial charge in [-0.05, 0) is 86.3 Å². The zero-order valence-corrected chi connectivity index (χ0v) is 21.9. The molecule has 8 rings (SSSR count).